The molecule has 1 aromatic heterocycles. The molecule has 0 fully saturated rings. The fraction of sp³-hybridized carbons (Fsp3) is 0.714. The minimum atomic E-state index is -0.788. The van der Waals surface area contributed by atoms with E-state index in [0.717, 1.165) is 30.5 Å². The summed E-state index contributed by atoms with van der Waals surface area (Å²) in [4.78, 5) is 12.3. The fourth-order valence-corrected chi connectivity index (χ4v) is 2.61. The molecule has 1 heterocycles. The third-order valence-corrected chi connectivity index (χ3v) is 4.27. The molecule has 1 aromatic rings. The molecule has 0 saturated heterocycles. The number of H-pyrrole nitrogens is 1. The zero-order valence-electron chi connectivity index (χ0n) is 11.7. The van der Waals surface area contributed by atoms with Crippen LogP contribution in [0.1, 0.15) is 56.7 Å². The molecule has 1 amide bonds. The molecule has 19 heavy (non-hydrogen) atoms. The number of carbonyl (C=O) groups is 1. The molecule has 1 unspecified atom stereocenters. The molecule has 2 rings (SSSR count). The summed E-state index contributed by atoms with van der Waals surface area (Å²) in [5, 5.41) is 20.1. The molecule has 5 heteroatoms. The van der Waals surface area contributed by atoms with Gasteiger partial charge in [-0.1, -0.05) is 13.8 Å². The van der Waals surface area contributed by atoms with Crippen LogP contribution in [0.2, 0.25) is 0 Å². The monoisotopic (exact) mass is 265 g/mol. The molecule has 1 aliphatic carbocycles. The first-order chi connectivity index (χ1) is 9.09. The van der Waals surface area contributed by atoms with E-state index in [1.165, 1.54) is 0 Å². The SMILES string of the molecule is CCC(O)(CC)CNC(=O)C1CCCc2[nH]ncc21. The first kappa shape index (κ1) is 14.1. The molecule has 0 saturated carbocycles. The van der Waals surface area contributed by atoms with Crippen molar-refractivity contribution in [1.82, 2.24) is 15.5 Å². The van der Waals surface area contributed by atoms with Crippen molar-refractivity contribution in [3.8, 4) is 0 Å². The van der Waals surface area contributed by atoms with Gasteiger partial charge in [0, 0.05) is 17.8 Å². The van der Waals surface area contributed by atoms with Gasteiger partial charge in [0.05, 0.1) is 17.7 Å². The van der Waals surface area contributed by atoms with Crippen molar-refractivity contribution >= 4 is 5.91 Å². The summed E-state index contributed by atoms with van der Waals surface area (Å²) in [6, 6.07) is 0. The van der Waals surface area contributed by atoms with Crippen molar-refractivity contribution in [3.05, 3.63) is 17.5 Å². The first-order valence-corrected chi connectivity index (χ1v) is 7.12. The summed E-state index contributed by atoms with van der Waals surface area (Å²) < 4.78 is 0. The standard InChI is InChI=1S/C14H23N3O2/c1-3-14(19,4-2)9-15-13(18)10-6-5-7-12-11(10)8-16-17-12/h8,10,19H,3-7,9H2,1-2H3,(H,15,18)(H,16,17). The van der Waals surface area contributed by atoms with Crippen LogP contribution in [0.5, 0.6) is 0 Å². The van der Waals surface area contributed by atoms with Crippen LogP contribution in [0, 0.1) is 0 Å². The Morgan fingerprint density at radius 2 is 2.32 bits per heavy atom. The predicted octanol–water partition coefficient (Wildman–Crippen LogP) is 1.50. The van der Waals surface area contributed by atoms with Crippen molar-refractivity contribution in [2.24, 2.45) is 0 Å². The second kappa shape index (κ2) is 5.74. The van der Waals surface area contributed by atoms with E-state index < -0.39 is 5.60 Å². The van der Waals surface area contributed by atoms with E-state index in [1.807, 2.05) is 13.8 Å². The van der Waals surface area contributed by atoms with Crippen LogP contribution in [0.4, 0.5) is 0 Å². The van der Waals surface area contributed by atoms with Crippen LogP contribution in [-0.2, 0) is 11.2 Å². The molecule has 0 bridgehead atoms. The highest BCUT2D eigenvalue weighted by Crippen LogP contribution is 2.30. The highest BCUT2D eigenvalue weighted by atomic mass is 16.3. The Balaban J connectivity index is 1.99. The van der Waals surface area contributed by atoms with Crippen LogP contribution in [0.25, 0.3) is 0 Å². The summed E-state index contributed by atoms with van der Waals surface area (Å²) in [5.74, 6) is -0.122. The van der Waals surface area contributed by atoms with E-state index in [2.05, 4.69) is 15.5 Å². The molecule has 106 valence electrons. The molecule has 1 aliphatic rings. The van der Waals surface area contributed by atoms with E-state index in [-0.39, 0.29) is 11.8 Å². The number of fused-ring (bicyclic) bond motifs is 1. The summed E-state index contributed by atoms with van der Waals surface area (Å²) in [6.07, 6.45) is 5.86. The van der Waals surface area contributed by atoms with Gasteiger partial charge in [0.15, 0.2) is 0 Å². The van der Waals surface area contributed by atoms with Gasteiger partial charge in [-0.25, -0.2) is 0 Å². The second-order valence-corrected chi connectivity index (χ2v) is 5.40. The third kappa shape index (κ3) is 2.97. The number of hydrogen-bond acceptors (Lipinski definition) is 3. The summed E-state index contributed by atoms with van der Waals surface area (Å²) in [5.41, 5.74) is 1.30. The van der Waals surface area contributed by atoms with Crippen LogP contribution in [-0.4, -0.2) is 33.4 Å². The van der Waals surface area contributed by atoms with Crippen molar-refractivity contribution in [3.63, 3.8) is 0 Å². The van der Waals surface area contributed by atoms with Gasteiger partial charge in [0.2, 0.25) is 5.91 Å². The predicted molar refractivity (Wildman–Crippen MR) is 72.8 cm³/mol. The first-order valence-electron chi connectivity index (χ1n) is 7.12. The molecule has 3 N–H and O–H groups in total. The molecule has 0 spiro atoms. The summed E-state index contributed by atoms with van der Waals surface area (Å²) in [6.45, 7) is 4.19. The Kier molecular flexibility index (Phi) is 4.24. The molecular formula is C14H23N3O2. The van der Waals surface area contributed by atoms with Crippen LogP contribution < -0.4 is 5.32 Å². The van der Waals surface area contributed by atoms with Gasteiger partial charge in [-0.05, 0) is 32.1 Å². The molecular weight excluding hydrogens is 242 g/mol. The number of aliphatic hydroxyl groups is 1. The fourth-order valence-electron chi connectivity index (χ4n) is 2.61. The number of aromatic nitrogens is 2. The molecule has 0 aromatic carbocycles. The lowest BCUT2D eigenvalue weighted by molar-refractivity contribution is -0.124. The Morgan fingerprint density at radius 3 is 3.00 bits per heavy atom. The topological polar surface area (TPSA) is 78.0 Å². The van der Waals surface area contributed by atoms with Crippen LogP contribution >= 0.6 is 0 Å². The number of nitrogens with zero attached hydrogens (tertiary/aromatic N) is 1. The maximum atomic E-state index is 12.3. The molecule has 0 aliphatic heterocycles. The van der Waals surface area contributed by atoms with Gasteiger partial charge in [-0.2, -0.15) is 5.10 Å². The summed E-state index contributed by atoms with van der Waals surface area (Å²) in [7, 11) is 0. The average molecular weight is 265 g/mol. The number of carbonyl (C=O) groups excluding carboxylic acids is 1. The lowest BCUT2D eigenvalue weighted by Crippen LogP contribution is -2.43. The van der Waals surface area contributed by atoms with Gasteiger partial charge < -0.3 is 10.4 Å². The lowest BCUT2D eigenvalue weighted by atomic mass is 9.86. The molecule has 1 atom stereocenters. The van der Waals surface area contributed by atoms with E-state index in [0.29, 0.717) is 19.4 Å². The summed E-state index contributed by atoms with van der Waals surface area (Å²) >= 11 is 0. The van der Waals surface area contributed by atoms with E-state index in [4.69, 9.17) is 0 Å². The van der Waals surface area contributed by atoms with Crippen molar-refractivity contribution in [2.45, 2.75) is 57.5 Å². The second-order valence-electron chi connectivity index (χ2n) is 5.40. The van der Waals surface area contributed by atoms with Crippen molar-refractivity contribution < 1.29 is 9.90 Å². The number of nitrogens with one attached hydrogen (secondary N) is 2. The van der Waals surface area contributed by atoms with Gasteiger partial charge in [-0.3, -0.25) is 9.89 Å². The van der Waals surface area contributed by atoms with E-state index in [1.54, 1.807) is 6.20 Å². The quantitative estimate of drug-likeness (QED) is 0.755. The van der Waals surface area contributed by atoms with Crippen molar-refractivity contribution in [2.75, 3.05) is 6.54 Å². The average Bonchev–Trinajstić information content (AvgIpc) is 2.92. The van der Waals surface area contributed by atoms with Gasteiger partial charge in [-0.15, -0.1) is 0 Å². The van der Waals surface area contributed by atoms with Gasteiger partial charge >= 0.3 is 0 Å². The van der Waals surface area contributed by atoms with Gasteiger partial charge in [0.25, 0.3) is 0 Å². The Morgan fingerprint density at radius 1 is 1.58 bits per heavy atom. The number of aromatic amines is 1. The largest absolute Gasteiger partial charge is 0.388 e. The number of rotatable bonds is 5. The Bertz CT molecular complexity index is 438. The van der Waals surface area contributed by atoms with E-state index >= 15 is 0 Å². The normalized spacial score (nSPS) is 19.0. The highest BCUT2D eigenvalue weighted by molar-refractivity contribution is 5.84. The minimum absolute atomic E-state index is 0.00248. The maximum Gasteiger partial charge on any atom is 0.227 e. The maximum absolute atomic E-state index is 12.3. The lowest BCUT2D eigenvalue weighted by Gasteiger charge is -2.27. The zero-order valence-corrected chi connectivity index (χ0v) is 11.7. The van der Waals surface area contributed by atoms with Crippen molar-refractivity contribution in [1.29, 1.82) is 0 Å². The number of hydrogen-bond donors (Lipinski definition) is 3. The molecule has 5 nitrogen and oxygen atoms in total. The van der Waals surface area contributed by atoms with Gasteiger partial charge in [0.1, 0.15) is 0 Å². The number of amides is 1. The Labute approximate surface area is 113 Å². The van der Waals surface area contributed by atoms with Crippen LogP contribution in [0.15, 0.2) is 6.20 Å². The zero-order chi connectivity index (χ0) is 13.9. The Hall–Kier alpha value is -1.36. The van der Waals surface area contributed by atoms with Crippen LogP contribution in [0.3, 0.4) is 0 Å². The smallest absolute Gasteiger partial charge is 0.227 e. The highest BCUT2D eigenvalue weighted by Gasteiger charge is 2.30. The number of aryl methyl sites for hydroxylation is 1. The van der Waals surface area contributed by atoms with E-state index in [9.17, 15) is 9.90 Å². The molecule has 0 radical (unpaired) electrons. The minimum Gasteiger partial charge on any atom is -0.388 e. The third-order valence-electron chi connectivity index (χ3n) is 4.27.